The van der Waals surface area contributed by atoms with Gasteiger partial charge in [-0.3, -0.25) is 4.79 Å². The van der Waals surface area contributed by atoms with E-state index < -0.39 is 0 Å². The summed E-state index contributed by atoms with van der Waals surface area (Å²) in [5, 5.41) is 3.07. The number of carbonyl (C=O) groups excluding carboxylic acids is 1. The molecule has 1 saturated heterocycles. The number of carbonyl (C=O) groups is 1. The summed E-state index contributed by atoms with van der Waals surface area (Å²) < 4.78 is 12.6. The molecule has 1 aromatic heterocycles. The van der Waals surface area contributed by atoms with Crippen LogP contribution in [0.4, 0.5) is 0 Å². The van der Waals surface area contributed by atoms with E-state index in [9.17, 15) is 4.79 Å². The van der Waals surface area contributed by atoms with Gasteiger partial charge in [0, 0.05) is 26.0 Å². The zero-order valence-corrected chi connectivity index (χ0v) is 13.4. The van der Waals surface area contributed by atoms with E-state index in [0.29, 0.717) is 6.61 Å². The normalized spacial score (nSPS) is 18.6. The van der Waals surface area contributed by atoms with Gasteiger partial charge in [-0.05, 0) is 30.5 Å². The van der Waals surface area contributed by atoms with E-state index in [-0.39, 0.29) is 18.1 Å². The van der Waals surface area contributed by atoms with Crippen LogP contribution in [0.15, 0.2) is 36.7 Å². The van der Waals surface area contributed by atoms with Crippen LogP contribution in [-0.2, 0) is 16.6 Å². The molecule has 2 aromatic rings. The number of nitrogens with zero attached hydrogens (tertiary/aromatic N) is 2. The molecule has 2 atom stereocenters. The summed E-state index contributed by atoms with van der Waals surface area (Å²) in [6, 6.07) is 7.31. The summed E-state index contributed by atoms with van der Waals surface area (Å²) in [5.41, 5.74) is 0.950. The number of hydrogen-bond donors (Lipinski definition) is 1. The van der Waals surface area contributed by atoms with Crippen molar-refractivity contribution in [3.05, 3.63) is 48.0 Å². The monoisotopic (exact) mass is 315 g/mol. The molecule has 23 heavy (non-hydrogen) atoms. The van der Waals surface area contributed by atoms with Gasteiger partial charge in [0.05, 0.1) is 7.11 Å². The summed E-state index contributed by atoms with van der Waals surface area (Å²) in [5.74, 6) is 1.46. The second-order valence-electron chi connectivity index (χ2n) is 5.61. The lowest BCUT2D eigenvalue weighted by Gasteiger charge is -2.21. The SMILES string of the molecule is COc1ccc([C@@H](NC(=O)[C@@H]2CCCO2)c2nccn2C)cc1. The summed E-state index contributed by atoms with van der Waals surface area (Å²) in [6.45, 7) is 0.647. The van der Waals surface area contributed by atoms with Crippen LogP contribution in [0.2, 0.25) is 0 Å². The Morgan fingerprint density at radius 1 is 1.43 bits per heavy atom. The molecule has 0 bridgehead atoms. The molecule has 0 aliphatic carbocycles. The first-order valence-electron chi connectivity index (χ1n) is 7.72. The van der Waals surface area contributed by atoms with Crippen molar-refractivity contribution in [2.24, 2.45) is 7.05 Å². The van der Waals surface area contributed by atoms with Crippen LogP contribution in [0.3, 0.4) is 0 Å². The van der Waals surface area contributed by atoms with Crippen molar-refractivity contribution < 1.29 is 14.3 Å². The van der Waals surface area contributed by atoms with Crippen LogP contribution in [0.5, 0.6) is 5.75 Å². The Balaban J connectivity index is 1.86. The summed E-state index contributed by atoms with van der Waals surface area (Å²) >= 11 is 0. The molecule has 2 heterocycles. The highest BCUT2D eigenvalue weighted by Crippen LogP contribution is 2.24. The minimum absolute atomic E-state index is 0.0914. The zero-order chi connectivity index (χ0) is 16.2. The van der Waals surface area contributed by atoms with Crippen LogP contribution in [0, 0.1) is 0 Å². The highest BCUT2D eigenvalue weighted by atomic mass is 16.5. The molecule has 0 unspecified atom stereocenters. The third-order valence-corrected chi connectivity index (χ3v) is 4.07. The van der Waals surface area contributed by atoms with Crippen molar-refractivity contribution in [2.45, 2.75) is 25.0 Å². The number of rotatable bonds is 5. The standard InChI is InChI=1S/C17H21N3O3/c1-20-10-9-18-16(20)15(12-5-7-13(22-2)8-6-12)19-17(21)14-4-3-11-23-14/h5-10,14-15H,3-4,11H2,1-2H3,(H,19,21)/t14-,15+/m0/s1. The highest BCUT2D eigenvalue weighted by Gasteiger charge is 2.28. The van der Waals surface area contributed by atoms with E-state index in [0.717, 1.165) is 30.0 Å². The third-order valence-electron chi connectivity index (χ3n) is 4.07. The molecule has 6 nitrogen and oxygen atoms in total. The van der Waals surface area contributed by atoms with Crippen molar-refractivity contribution in [3.63, 3.8) is 0 Å². The van der Waals surface area contributed by atoms with Gasteiger partial charge in [-0.2, -0.15) is 0 Å². The fourth-order valence-corrected chi connectivity index (χ4v) is 2.77. The van der Waals surface area contributed by atoms with Crippen molar-refractivity contribution in [1.29, 1.82) is 0 Å². The summed E-state index contributed by atoms with van der Waals surface area (Å²) in [6.07, 6.45) is 4.92. The van der Waals surface area contributed by atoms with Crippen LogP contribution < -0.4 is 10.1 Å². The maximum Gasteiger partial charge on any atom is 0.249 e. The predicted octanol–water partition coefficient (Wildman–Crippen LogP) is 1.81. The van der Waals surface area contributed by atoms with Crippen LogP contribution in [-0.4, -0.2) is 35.3 Å². The molecule has 1 fully saturated rings. The van der Waals surface area contributed by atoms with Crippen molar-refractivity contribution in [2.75, 3.05) is 13.7 Å². The number of aryl methyl sites for hydroxylation is 1. The lowest BCUT2D eigenvalue weighted by Crippen LogP contribution is -2.38. The van der Waals surface area contributed by atoms with Gasteiger partial charge in [-0.1, -0.05) is 12.1 Å². The Labute approximate surface area is 135 Å². The molecule has 1 N–H and O–H groups in total. The van der Waals surface area contributed by atoms with Gasteiger partial charge in [0.1, 0.15) is 23.7 Å². The fourth-order valence-electron chi connectivity index (χ4n) is 2.77. The van der Waals surface area contributed by atoms with Crippen LogP contribution in [0.1, 0.15) is 30.3 Å². The van der Waals surface area contributed by atoms with E-state index in [1.54, 1.807) is 13.3 Å². The largest absolute Gasteiger partial charge is 0.497 e. The van der Waals surface area contributed by atoms with Gasteiger partial charge in [0.15, 0.2) is 0 Å². The average molecular weight is 315 g/mol. The maximum atomic E-state index is 12.5. The Morgan fingerprint density at radius 3 is 2.78 bits per heavy atom. The molecule has 0 radical (unpaired) electrons. The number of hydrogen-bond acceptors (Lipinski definition) is 4. The van der Waals surface area contributed by atoms with Crippen LogP contribution in [0.25, 0.3) is 0 Å². The molecule has 3 rings (SSSR count). The fraction of sp³-hybridized carbons (Fsp3) is 0.412. The zero-order valence-electron chi connectivity index (χ0n) is 13.4. The highest BCUT2D eigenvalue weighted by molar-refractivity contribution is 5.81. The van der Waals surface area contributed by atoms with Gasteiger partial charge in [-0.25, -0.2) is 4.98 Å². The first kappa shape index (κ1) is 15.6. The van der Waals surface area contributed by atoms with Gasteiger partial charge in [0.2, 0.25) is 5.91 Å². The Kier molecular flexibility index (Phi) is 4.62. The number of nitrogens with one attached hydrogen (secondary N) is 1. The average Bonchev–Trinajstić information content (AvgIpc) is 3.24. The van der Waals surface area contributed by atoms with Gasteiger partial charge in [0.25, 0.3) is 0 Å². The number of benzene rings is 1. The second-order valence-corrected chi connectivity index (χ2v) is 5.61. The lowest BCUT2D eigenvalue weighted by molar-refractivity contribution is -0.130. The number of amides is 1. The number of imidazole rings is 1. The number of aromatic nitrogens is 2. The quantitative estimate of drug-likeness (QED) is 0.914. The molecule has 0 spiro atoms. The number of ether oxygens (including phenoxy) is 2. The molecule has 1 aliphatic heterocycles. The van der Waals surface area contributed by atoms with Crippen molar-refractivity contribution in [3.8, 4) is 5.75 Å². The van der Waals surface area contributed by atoms with E-state index in [4.69, 9.17) is 9.47 Å². The Morgan fingerprint density at radius 2 is 2.22 bits per heavy atom. The molecule has 6 heteroatoms. The Hall–Kier alpha value is -2.34. The molecule has 0 saturated carbocycles. The predicted molar refractivity (Wildman–Crippen MR) is 85.2 cm³/mol. The summed E-state index contributed by atoms with van der Waals surface area (Å²) in [4.78, 5) is 16.9. The minimum Gasteiger partial charge on any atom is -0.497 e. The van der Waals surface area contributed by atoms with Gasteiger partial charge < -0.3 is 19.4 Å². The summed E-state index contributed by atoms with van der Waals surface area (Å²) in [7, 11) is 3.54. The second kappa shape index (κ2) is 6.83. The lowest BCUT2D eigenvalue weighted by atomic mass is 10.1. The number of methoxy groups -OCH3 is 1. The third kappa shape index (κ3) is 3.37. The molecule has 1 amide bonds. The first-order chi connectivity index (χ1) is 11.2. The molecule has 1 aliphatic rings. The minimum atomic E-state index is -0.365. The Bertz CT molecular complexity index is 660. The van der Waals surface area contributed by atoms with E-state index in [1.165, 1.54) is 0 Å². The van der Waals surface area contributed by atoms with Crippen molar-refractivity contribution in [1.82, 2.24) is 14.9 Å². The van der Waals surface area contributed by atoms with E-state index in [1.807, 2.05) is 42.1 Å². The first-order valence-corrected chi connectivity index (χ1v) is 7.72. The van der Waals surface area contributed by atoms with Gasteiger partial charge >= 0.3 is 0 Å². The topological polar surface area (TPSA) is 65.4 Å². The maximum absolute atomic E-state index is 12.5. The van der Waals surface area contributed by atoms with Crippen LogP contribution >= 0.6 is 0 Å². The van der Waals surface area contributed by atoms with Gasteiger partial charge in [-0.15, -0.1) is 0 Å². The van der Waals surface area contributed by atoms with E-state index >= 15 is 0 Å². The smallest absolute Gasteiger partial charge is 0.249 e. The molecule has 1 aromatic carbocycles. The molecular weight excluding hydrogens is 294 g/mol. The van der Waals surface area contributed by atoms with Crippen molar-refractivity contribution >= 4 is 5.91 Å². The molecular formula is C17H21N3O3. The van der Waals surface area contributed by atoms with E-state index in [2.05, 4.69) is 10.3 Å². The molecule has 122 valence electrons.